The molecule has 1 aliphatic carbocycles. The summed E-state index contributed by atoms with van der Waals surface area (Å²) >= 11 is 0. The summed E-state index contributed by atoms with van der Waals surface area (Å²) in [5, 5.41) is 3.47. The highest BCUT2D eigenvalue weighted by Gasteiger charge is 2.22. The minimum absolute atomic E-state index is 0.357. The van der Waals surface area contributed by atoms with E-state index in [1.165, 1.54) is 18.4 Å². The molecule has 1 aromatic rings. The maximum Gasteiger partial charge on any atom is 0.231 e. The topological polar surface area (TPSA) is 30.5 Å². The summed E-state index contributed by atoms with van der Waals surface area (Å²) in [7, 11) is 0. The zero-order valence-corrected chi connectivity index (χ0v) is 7.95. The zero-order valence-electron chi connectivity index (χ0n) is 7.95. The maximum absolute atomic E-state index is 5.42. The molecular formula is C11H13NO2. The Kier molecular flexibility index (Phi) is 1.84. The zero-order chi connectivity index (χ0) is 9.38. The Labute approximate surface area is 83.0 Å². The summed E-state index contributed by atoms with van der Waals surface area (Å²) < 4.78 is 10.7. The van der Waals surface area contributed by atoms with Crippen LogP contribution in [0.15, 0.2) is 18.2 Å². The Morgan fingerprint density at radius 2 is 2.21 bits per heavy atom. The summed E-state index contributed by atoms with van der Waals surface area (Å²) in [5.74, 6) is 1.79. The van der Waals surface area contributed by atoms with E-state index in [0.717, 1.165) is 24.1 Å². The molecule has 2 aliphatic rings. The van der Waals surface area contributed by atoms with Gasteiger partial charge < -0.3 is 14.8 Å². The standard InChI is InChI=1S/C11H13NO2/c1-2-8(6-12-9-4-5-9)11-10(3-1)13-7-14-11/h1-3,9,12H,4-7H2. The van der Waals surface area contributed by atoms with Crippen LogP contribution < -0.4 is 14.8 Å². The first-order chi connectivity index (χ1) is 6.93. The van der Waals surface area contributed by atoms with E-state index in [1.54, 1.807) is 0 Å². The molecule has 14 heavy (non-hydrogen) atoms. The Morgan fingerprint density at radius 1 is 1.29 bits per heavy atom. The lowest BCUT2D eigenvalue weighted by atomic mass is 10.2. The predicted octanol–water partition coefficient (Wildman–Crippen LogP) is 1.67. The van der Waals surface area contributed by atoms with Gasteiger partial charge in [0.15, 0.2) is 11.5 Å². The van der Waals surface area contributed by atoms with E-state index in [4.69, 9.17) is 9.47 Å². The first kappa shape index (κ1) is 8.12. The van der Waals surface area contributed by atoms with E-state index < -0.39 is 0 Å². The molecule has 1 aliphatic heterocycles. The van der Waals surface area contributed by atoms with E-state index in [1.807, 2.05) is 12.1 Å². The average molecular weight is 191 g/mol. The number of rotatable bonds is 3. The summed E-state index contributed by atoms with van der Waals surface area (Å²) in [5.41, 5.74) is 1.20. The molecule has 1 fully saturated rings. The van der Waals surface area contributed by atoms with Gasteiger partial charge in [0.25, 0.3) is 0 Å². The first-order valence-electron chi connectivity index (χ1n) is 5.04. The normalized spacial score (nSPS) is 18.6. The van der Waals surface area contributed by atoms with Gasteiger partial charge in [-0.1, -0.05) is 12.1 Å². The van der Waals surface area contributed by atoms with Crippen molar-refractivity contribution in [1.82, 2.24) is 5.32 Å². The molecule has 3 heteroatoms. The second-order valence-corrected chi connectivity index (χ2v) is 3.81. The molecular weight excluding hydrogens is 178 g/mol. The van der Waals surface area contributed by atoms with E-state index in [2.05, 4.69) is 11.4 Å². The predicted molar refractivity (Wildman–Crippen MR) is 52.4 cm³/mol. The molecule has 3 rings (SSSR count). The van der Waals surface area contributed by atoms with Crippen molar-refractivity contribution in [3.63, 3.8) is 0 Å². The lowest BCUT2D eigenvalue weighted by molar-refractivity contribution is 0.173. The van der Waals surface area contributed by atoms with Crippen LogP contribution in [-0.2, 0) is 6.54 Å². The molecule has 0 radical (unpaired) electrons. The van der Waals surface area contributed by atoms with Crippen LogP contribution in [0.1, 0.15) is 18.4 Å². The third-order valence-corrected chi connectivity index (χ3v) is 2.64. The smallest absolute Gasteiger partial charge is 0.231 e. The average Bonchev–Trinajstić information content (AvgIpc) is 2.91. The molecule has 1 N–H and O–H groups in total. The van der Waals surface area contributed by atoms with Crippen LogP contribution in [0.4, 0.5) is 0 Å². The molecule has 0 bridgehead atoms. The molecule has 0 saturated heterocycles. The number of benzene rings is 1. The molecule has 1 aromatic carbocycles. The molecule has 1 heterocycles. The van der Waals surface area contributed by atoms with Gasteiger partial charge in [0.2, 0.25) is 6.79 Å². The van der Waals surface area contributed by atoms with Gasteiger partial charge in [-0.25, -0.2) is 0 Å². The van der Waals surface area contributed by atoms with Crippen LogP contribution in [0, 0.1) is 0 Å². The van der Waals surface area contributed by atoms with Gasteiger partial charge in [-0.2, -0.15) is 0 Å². The molecule has 0 atom stereocenters. The highest BCUT2D eigenvalue weighted by molar-refractivity contribution is 5.48. The van der Waals surface area contributed by atoms with Crippen LogP contribution in [0.25, 0.3) is 0 Å². The molecule has 74 valence electrons. The number of hydrogen-bond donors (Lipinski definition) is 1. The van der Waals surface area contributed by atoms with Crippen molar-refractivity contribution >= 4 is 0 Å². The van der Waals surface area contributed by atoms with Crippen molar-refractivity contribution in [2.24, 2.45) is 0 Å². The van der Waals surface area contributed by atoms with Crippen molar-refractivity contribution in [3.05, 3.63) is 23.8 Å². The Bertz CT molecular complexity index is 347. The molecule has 1 saturated carbocycles. The van der Waals surface area contributed by atoms with Crippen LogP contribution in [0.2, 0.25) is 0 Å². The Morgan fingerprint density at radius 3 is 3.07 bits per heavy atom. The van der Waals surface area contributed by atoms with Crippen LogP contribution in [0.3, 0.4) is 0 Å². The number of para-hydroxylation sites is 1. The number of ether oxygens (including phenoxy) is 2. The van der Waals surface area contributed by atoms with E-state index in [0.29, 0.717) is 6.79 Å². The van der Waals surface area contributed by atoms with E-state index in [-0.39, 0.29) is 0 Å². The van der Waals surface area contributed by atoms with Gasteiger partial charge in [0.05, 0.1) is 0 Å². The molecule has 0 spiro atoms. The minimum atomic E-state index is 0.357. The fraction of sp³-hybridized carbons (Fsp3) is 0.455. The monoisotopic (exact) mass is 191 g/mol. The van der Waals surface area contributed by atoms with Crippen molar-refractivity contribution in [3.8, 4) is 11.5 Å². The van der Waals surface area contributed by atoms with E-state index >= 15 is 0 Å². The van der Waals surface area contributed by atoms with Gasteiger partial charge >= 0.3 is 0 Å². The van der Waals surface area contributed by atoms with Crippen molar-refractivity contribution in [2.45, 2.75) is 25.4 Å². The van der Waals surface area contributed by atoms with Gasteiger partial charge in [-0.15, -0.1) is 0 Å². The fourth-order valence-electron chi connectivity index (χ4n) is 1.67. The summed E-state index contributed by atoms with van der Waals surface area (Å²) in [6.45, 7) is 1.24. The van der Waals surface area contributed by atoms with Crippen LogP contribution in [-0.4, -0.2) is 12.8 Å². The molecule has 0 unspecified atom stereocenters. The Hall–Kier alpha value is -1.22. The van der Waals surface area contributed by atoms with Crippen molar-refractivity contribution in [1.29, 1.82) is 0 Å². The van der Waals surface area contributed by atoms with Gasteiger partial charge in [-0.3, -0.25) is 0 Å². The third kappa shape index (κ3) is 1.44. The maximum atomic E-state index is 5.42. The molecule has 0 aromatic heterocycles. The van der Waals surface area contributed by atoms with Crippen LogP contribution >= 0.6 is 0 Å². The summed E-state index contributed by atoms with van der Waals surface area (Å²) in [4.78, 5) is 0. The lowest BCUT2D eigenvalue weighted by Gasteiger charge is -2.06. The summed E-state index contributed by atoms with van der Waals surface area (Å²) in [6, 6.07) is 6.77. The van der Waals surface area contributed by atoms with Crippen LogP contribution in [0.5, 0.6) is 11.5 Å². The minimum Gasteiger partial charge on any atom is -0.454 e. The lowest BCUT2D eigenvalue weighted by Crippen LogP contribution is -2.15. The second-order valence-electron chi connectivity index (χ2n) is 3.81. The fourth-order valence-corrected chi connectivity index (χ4v) is 1.67. The van der Waals surface area contributed by atoms with Gasteiger partial charge in [0.1, 0.15) is 0 Å². The molecule has 0 amide bonds. The van der Waals surface area contributed by atoms with Crippen molar-refractivity contribution in [2.75, 3.05) is 6.79 Å². The third-order valence-electron chi connectivity index (χ3n) is 2.64. The highest BCUT2D eigenvalue weighted by Crippen LogP contribution is 2.35. The second kappa shape index (κ2) is 3.17. The SMILES string of the molecule is c1cc(CNC2CC2)c2c(c1)OCO2. The van der Waals surface area contributed by atoms with Gasteiger partial charge in [-0.05, 0) is 18.9 Å². The number of nitrogens with one attached hydrogen (secondary N) is 1. The number of hydrogen-bond acceptors (Lipinski definition) is 3. The van der Waals surface area contributed by atoms with Crippen molar-refractivity contribution < 1.29 is 9.47 Å². The summed E-state index contributed by atoms with van der Waals surface area (Å²) in [6.07, 6.45) is 2.62. The van der Waals surface area contributed by atoms with Gasteiger partial charge in [0, 0.05) is 18.2 Å². The number of fused-ring (bicyclic) bond motifs is 1. The quantitative estimate of drug-likeness (QED) is 0.788. The molecule has 3 nitrogen and oxygen atoms in total. The largest absolute Gasteiger partial charge is 0.454 e. The highest BCUT2D eigenvalue weighted by atomic mass is 16.7. The Balaban J connectivity index is 1.78. The van der Waals surface area contributed by atoms with E-state index in [9.17, 15) is 0 Å². The first-order valence-corrected chi connectivity index (χ1v) is 5.04.